The Morgan fingerprint density at radius 2 is 2.12 bits per heavy atom. The zero-order valence-electron chi connectivity index (χ0n) is 10.8. The molecule has 1 aromatic heterocycles. The molecule has 0 saturated heterocycles. The molecule has 3 nitrogen and oxygen atoms in total. The van der Waals surface area contributed by atoms with Gasteiger partial charge in [-0.2, -0.15) is 11.8 Å². The molecule has 0 aliphatic carbocycles. The Bertz CT molecular complexity index is 292. The normalized spacial score (nSPS) is 12.9. The van der Waals surface area contributed by atoms with Crippen molar-refractivity contribution in [1.29, 1.82) is 0 Å². The average Bonchev–Trinajstić information content (AvgIpc) is 2.35. The highest BCUT2D eigenvalue weighted by molar-refractivity contribution is 7.98. The van der Waals surface area contributed by atoms with E-state index in [1.807, 2.05) is 24.2 Å². The molecular formula is C13H23N3S. The number of likely N-dealkylation sites (N-methyl/N-ethyl adjacent to an activating group) is 1. The molecule has 2 N–H and O–H groups in total. The summed E-state index contributed by atoms with van der Waals surface area (Å²) in [5.41, 5.74) is 7.40. The topological polar surface area (TPSA) is 42.1 Å². The number of nitrogens with two attached hydrogens (primary N) is 1. The number of hydrogen-bond donors (Lipinski definition) is 1. The van der Waals surface area contributed by atoms with Gasteiger partial charge < -0.3 is 10.6 Å². The average molecular weight is 253 g/mol. The Balaban J connectivity index is 2.19. The van der Waals surface area contributed by atoms with E-state index in [2.05, 4.69) is 35.3 Å². The quantitative estimate of drug-likeness (QED) is 0.765. The summed E-state index contributed by atoms with van der Waals surface area (Å²) in [5.74, 6) is 1.15. The van der Waals surface area contributed by atoms with Gasteiger partial charge in [0, 0.05) is 31.5 Å². The maximum atomic E-state index is 6.06. The van der Waals surface area contributed by atoms with Gasteiger partial charge in [0.2, 0.25) is 0 Å². The van der Waals surface area contributed by atoms with Crippen LogP contribution in [0, 0.1) is 0 Å². The van der Waals surface area contributed by atoms with Gasteiger partial charge in [-0.05, 0) is 49.6 Å². The molecule has 1 aromatic rings. The highest BCUT2D eigenvalue weighted by atomic mass is 32.2. The molecule has 1 atom stereocenters. The van der Waals surface area contributed by atoms with Crippen LogP contribution >= 0.6 is 11.8 Å². The second kappa shape index (κ2) is 8.50. The molecule has 4 heteroatoms. The Morgan fingerprint density at radius 1 is 1.41 bits per heavy atom. The zero-order chi connectivity index (χ0) is 12.5. The number of nitrogens with zero attached hydrogens (tertiary/aromatic N) is 2. The van der Waals surface area contributed by atoms with Crippen LogP contribution in [0.3, 0.4) is 0 Å². The lowest BCUT2D eigenvalue weighted by Gasteiger charge is -2.21. The Morgan fingerprint density at radius 3 is 2.76 bits per heavy atom. The summed E-state index contributed by atoms with van der Waals surface area (Å²) in [5, 5.41) is 0. The molecule has 0 unspecified atom stereocenters. The Hall–Kier alpha value is -0.580. The number of thioether (sulfide) groups is 1. The van der Waals surface area contributed by atoms with Crippen LogP contribution in [0.25, 0.3) is 0 Å². The highest BCUT2D eigenvalue weighted by Crippen LogP contribution is 2.02. The summed E-state index contributed by atoms with van der Waals surface area (Å²) >= 11 is 1.86. The van der Waals surface area contributed by atoms with Crippen molar-refractivity contribution in [2.45, 2.75) is 18.9 Å². The van der Waals surface area contributed by atoms with Gasteiger partial charge in [0.1, 0.15) is 0 Å². The van der Waals surface area contributed by atoms with Crippen LogP contribution in [-0.4, -0.2) is 48.1 Å². The molecule has 0 aromatic carbocycles. The smallest absolute Gasteiger partial charge is 0.0270 e. The molecule has 0 radical (unpaired) electrons. The van der Waals surface area contributed by atoms with Crippen molar-refractivity contribution in [1.82, 2.24) is 9.88 Å². The number of aromatic nitrogens is 1. The minimum absolute atomic E-state index is 0.296. The van der Waals surface area contributed by atoms with Crippen molar-refractivity contribution in [2.24, 2.45) is 5.73 Å². The Kier molecular flexibility index (Phi) is 7.24. The van der Waals surface area contributed by atoms with E-state index in [-0.39, 0.29) is 0 Å². The van der Waals surface area contributed by atoms with Crippen LogP contribution in [0.15, 0.2) is 24.5 Å². The Labute approximate surface area is 109 Å². The first-order valence-electron chi connectivity index (χ1n) is 6.04. The van der Waals surface area contributed by atoms with Crippen molar-refractivity contribution >= 4 is 11.8 Å². The van der Waals surface area contributed by atoms with Gasteiger partial charge >= 0.3 is 0 Å². The van der Waals surface area contributed by atoms with Gasteiger partial charge in [-0.3, -0.25) is 4.98 Å². The van der Waals surface area contributed by atoms with Crippen LogP contribution in [0.4, 0.5) is 0 Å². The maximum Gasteiger partial charge on any atom is 0.0270 e. The second-order valence-electron chi connectivity index (χ2n) is 4.41. The summed E-state index contributed by atoms with van der Waals surface area (Å²) in [7, 11) is 2.14. The molecule has 0 aliphatic heterocycles. The fourth-order valence-corrected chi connectivity index (χ4v) is 2.26. The zero-order valence-corrected chi connectivity index (χ0v) is 11.6. The maximum absolute atomic E-state index is 6.06. The van der Waals surface area contributed by atoms with Gasteiger partial charge in [0.05, 0.1) is 0 Å². The standard InChI is InChI=1S/C13H23N3S/c1-16(11-13(14)6-10-17-2)9-5-12-3-7-15-8-4-12/h3-4,7-8,13H,5-6,9-11,14H2,1-2H3/t13-/m0/s1. The van der Waals surface area contributed by atoms with E-state index in [4.69, 9.17) is 5.73 Å². The van der Waals surface area contributed by atoms with E-state index in [1.165, 1.54) is 5.56 Å². The predicted molar refractivity (Wildman–Crippen MR) is 76.4 cm³/mol. The van der Waals surface area contributed by atoms with Gasteiger partial charge in [-0.15, -0.1) is 0 Å². The van der Waals surface area contributed by atoms with Crippen LogP contribution in [0.5, 0.6) is 0 Å². The molecule has 0 amide bonds. The molecule has 1 heterocycles. The minimum atomic E-state index is 0.296. The first-order chi connectivity index (χ1) is 8.22. The van der Waals surface area contributed by atoms with Crippen molar-refractivity contribution in [3.63, 3.8) is 0 Å². The monoisotopic (exact) mass is 253 g/mol. The highest BCUT2D eigenvalue weighted by Gasteiger charge is 2.06. The number of hydrogen-bond acceptors (Lipinski definition) is 4. The molecule has 0 fully saturated rings. The first kappa shape index (κ1) is 14.5. The van der Waals surface area contributed by atoms with E-state index < -0.39 is 0 Å². The molecule has 0 saturated carbocycles. The molecule has 0 aliphatic rings. The largest absolute Gasteiger partial charge is 0.327 e. The molecule has 96 valence electrons. The van der Waals surface area contributed by atoms with Gasteiger partial charge in [0.15, 0.2) is 0 Å². The molecule has 17 heavy (non-hydrogen) atoms. The minimum Gasteiger partial charge on any atom is -0.327 e. The third kappa shape index (κ3) is 6.66. The van der Waals surface area contributed by atoms with Crippen molar-refractivity contribution in [3.05, 3.63) is 30.1 Å². The third-order valence-corrected chi connectivity index (χ3v) is 3.41. The van der Waals surface area contributed by atoms with Crippen LogP contribution in [0.1, 0.15) is 12.0 Å². The van der Waals surface area contributed by atoms with Gasteiger partial charge in [-0.1, -0.05) is 0 Å². The molecular weight excluding hydrogens is 230 g/mol. The molecule has 0 bridgehead atoms. The third-order valence-electron chi connectivity index (χ3n) is 2.77. The number of pyridine rings is 1. The van der Waals surface area contributed by atoms with Crippen molar-refractivity contribution < 1.29 is 0 Å². The SMILES string of the molecule is CSCC[C@H](N)CN(C)CCc1ccncc1. The lowest BCUT2D eigenvalue weighted by atomic mass is 10.2. The fourth-order valence-electron chi connectivity index (χ4n) is 1.72. The summed E-state index contributed by atoms with van der Waals surface area (Å²) < 4.78 is 0. The van der Waals surface area contributed by atoms with Crippen molar-refractivity contribution in [2.75, 3.05) is 32.1 Å². The van der Waals surface area contributed by atoms with E-state index in [0.29, 0.717) is 6.04 Å². The summed E-state index contributed by atoms with van der Waals surface area (Å²) in [4.78, 5) is 6.33. The van der Waals surface area contributed by atoms with E-state index in [9.17, 15) is 0 Å². The summed E-state index contributed by atoms with van der Waals surface area (Å²) in [6.45, 7) is 2.03. The van der Waals surface area contributed by atoms with Crippen LogP contribution < -0.4 is 5.73 Å². The van der Waals surface area contributed by atoms with Gasteiger partial charge in [-0.25, -0.2) is 0 Å². The number of rotatable bonds is 8. The lowest BCUT2D eigenvalue weighted by Crippen LogP contribution is -2.36. The van der Waals surface area contributed by atoms with Crippen molar-refractivity contribution in [3.8, 4) is 0 Å². The molecule has 0 spiro atoms. The van der Waals surface area contributed by atoms with E-state index >= 15 is 0 Å². The molecule has 1 rings (SSSR count). The van der Waals surface area contributed by atoms with E-state index in [1.54, 1.807) is 0 Å². The lowest BCUT2D eigenvalue weighted by molar-refractivity contribution is 0.312. The second-order valence-corrected chi connectivity index (χ2v) is 5.39. The summed E-state index contributed by atoms with van der Waals surface area (Å²) in [6, 6.07) is 4.44. The van der Waals surface area contributed by atoms with Crippen LogP contribution in [-0.2, 0) is 6.42 Å². The van der Waals surface area contributed by atoms with E-state index in [0.717, 1.165) is 31.7 Å². The summed E-state index contributed by atoms with van der Waals surface area (Å²) in [6.07, 6.45) is 7.98. The fraction of sp³-hybridized carbons (Fsp3) is 0.615. The van der Waals surface area contributed by atoms with Crippen LogP contribution in [0.2, 0.25) is 0 Å². The van der Waals surface area contributed by atoms with Gasteiger partial charge in [0.25, 0.3) is 0 Å². The first-order valence-corrected chi connectivity index (χ1v) is 7.43. The predicted octanol–water partition coefficient (Wildman–Crippen LogP) is 1.64.